The number of hydrogen-bond acceptors (Lipinski definition) is 7. The predicted molar refractivity (Wildman–Crippen MR) is 195 cm³/mol. The highest BCUT2D eigenvalue weighted by molar-refractivity contribution is 6.10. The number of carboxylic acid groups (broad SMARTS) is 1. The van der Waals surface area contributed by atoms with Crippen LogP contribution < -0.4 is 15.5 Å². The Morgan fingerprint density at radius 1 is 0.549 bits per heavy atom. The van der Waals surface area contributed by atoms with E-state index in [9.17, 15) is 14.7 Å². The Balaban J connectivity index is 1.00. The van der Waals surface area contributed by atoms with Crippen molar-refractivity contribution in [3.05, 3.63) is 190 Å². The lowest BCUT2D eigenvalue weighted by atomic mass is 9.98. The van der Waals surface area contributed by atoms with Gasteiger partial charge in [-0.3, -0.25) is 20.4 Å². The highest BCUT2D eigenvalue weighted by Crippen LogP contribution is 2.26. The van der Waals surface area contributed by atoms with Gasteiger partial charge in [0.15, 0.2) is 0 Å². The lowest BCUT2D eigenvalue weighted by Gasteiger charge is -2.13. The molecular formula is C42H36N2O7. The number of anilines is 2. The van der Waals surface area contributed by atoms with Gasteiger partial charge in [0.05, 0.1) is 23.4 Å². The van der Waals surface area contributed by atoms with Crippen LogP contribution in [0.15, 0.2) is 146 Å². The van der Waals surface area contributed by atoms with E-state index in [2.05, 4.69) is 27.8 Å². The van der Waals surface area contributed by atoms with Crippen LogP contribution in [0.5, 0.6) is 11.5 Å². The van der Waals surface area contributed by atoms with Gasteiger partial charge in [0.2, 0.25) is 0 Å². The quantitative estimate of drug-likeness (QED) is 0.0625. The lowest BCUT2D eigenvalue weighted by Crippen LogP contribution is -2.16. The summed E-state index contributed by atoms with van der Waals surface area (Å²) in [6, 6.07) is 44.8. The second kappa shape index (κ2) is 16.9. The Hall–Kier alpha value is -6.26. The summed E-state index contributed by atoms with van der Waals surface area (Å²) in [5.74, 6) is -0.541. The van der Waals surface area contributed by atoms with Crippen LogP contribution >= 0.6 is 0 Å². The van der Waals surface area contributed by atoms with Gasteiger partial charge in [0, 0.05) is 5.69 Å². The molecule has 256 valence electrons. The molecule has 0 atom stereocenters. The molecule has 0 radical (unpaired) electrons. The van der Waals surface area contributed by atoms with Crippen molar-refractivity contribution in [2.45, 2.75) is 26.1 Å². The molecule has 9 nitrogen and oxygen atoms in total. The summed E-state index contributed by atoms with van der Waals surface area (Å²) in [5.41, 5.74) is 10.0. The Morgan fingerprint density at radius 2 is 1.12 bits per heavy atom. The van der Waals surface area contributed by atoms with Gasteiger partial charge in [-0.2, -0.15) is 0 Å². The first-order valence-electron chi connectivity index (χ1n) is 16.3. The molecule has 6 aromatic carbocycles. The molecule has 0 saturated carbocycles. The van der Waals surface area contributed by atoms with Crippen LogP contribution in [0.25, 0.3) is 0 Å². The molecule has 0 heterocycles. The maximum atomic E-state index is 13.1. The second-order valence-corrected chi connectivity index (χ2v) is 11.9. The molecule has 0 aromatic heterocycles. The fourth-order valence-corrected chi connectivity index (χ4v) is 5.60. The first-order valence-corrected chi connectivity index (χ1v) is 16.3. The molecule has 1 amide bonds. The van der Waals surface area contributed by atoms with Gasteiger partial charge >= 0.3 is 5.97 Å². The highest BCUT2D eigenvalue weighted by Gasteiger charge is 2.18. The van der Waals surface area contributed by atoms with Crippen LogP contribution in [0, 0.1) is 0 Å². The van der Waals surface area contributed by atoms with Crippen LogP contribution in [0.1, 0.15) is 54.1 Å². The summed E-state index contributed by atoms with van der Waals surface area (Å²) >= 11 is 0. The molecule has 0 bridgehead atoms. The summed E-state index contributed by atoms with van der Waals surface area (Å²) in [6.07, 6.45) is 1.33. The minimum atomic E-state index is -1.17. The van der Waals surface area contributed by atoms with Crippen molar-refractivity contribution in [3.8, 4) is 11.5 Å². The number of aromatic carboxylic acids is 1. The van der Waals surface area contributed by atoms with Crippen LogP contribution in [-0.4, -0.2) is 22.2 Å². The monoisotopic (exact) mass is 680 g/mol. The van der Waals surface area contributed by atoms with Crippen molar-refractivity contribution in [3.63, 3.8) is 0 Å². The second-order valence-electron chi connectivity index (χ2n) is 11.9. The fourth-order valence-electron chi connectivity index (χ4n) is 5.60. The fraction of sp³-hybridized carbons (Fsp3) is 0.0952. The van der Waals surface area contributed by atoms with E-state index in [0.717, 1.165) is 39.9 Å². The normalized spacial score (nSPS) is 10.8. The summed E-state index contributed by atoms with van der Waals surface area (Å²) in [5, 5.41) is 21.7. The highest BCUT2D eigenvalue weighted by atomic mass is 17.1. The van der Waals surface area contributed by atoms with Crippen LogP contribution in [0.2, 0.25) is 0 Å². The minimum absolute atomic E-state index is 0.0513. The number of hydrogen-bond donors (Lipinski definition) is 4. The van der Waals surface area contributed by atoms with Crippen LogP contribution in [0.4, 0.5) is 11.4 Å². The Labute approximate surface area is 295 Å². The van der Waals surface area contributed by atoms with Gasteiger partial charge in [-0.1, -0.05) is 84.9 Å². The zero-order valence-corrected chi connectivity index (χ0v) is 27.6. The molecule has 6 rings (SSSR count). The largest absolute Gasteiger partial charge is 0.478 e. The van der Waals surface area contributed by atoms with Gasteiger partial charge in [-0.25, -0.2) is 9.68 Å². The third kappa shape index (κ3) is 9.68. The zero-order valence-electron chi connectivity index (χ0n) is 27.6. The summed E-state index contributed by atoms with van der Waals surface area (Å²) in [6.45, 7) is 0.304. The lowest BCUT2D eigenvalue weighted by molar-refractivity contribution is -0.253. The van der Waals surface area contributed by atoms with E-state index >= 15 is 0 Å². The number of amides is 1. The van der Waals surface area contributed by atoms with Crippen molar-refractivity contribution in [2.75, 3.05) is 10.8 Å². The van der Waals surface area contributed by atoms with E-state index < -0.39 is 11.9 Å². The van der Waals surface area contributed by atoms with Crippen molar-refractivity contribution >= 4 is 23.3 Å². The molecule has 4 N–H and O–H groups in total. The number of carbonyl (C=O) groups is 2. The minimum Gasteiger partial charge on any atom is -0.478 e. The maximum Gasteiger partial charge on any atom is 0.336 e. The van der Waals surface area contributed by atoms with Crippen molar-refractivity contribution < 1.29 is 34.4 Å². The van der Waals surface area contributed by atoms with Crippen molar-refractivity contribution in [1.82, 2.24) is 0 Å². The maximum absolute atomic E-state index is 13.1. The first-order chi connectivity index (χ1) is 24.9. The molecule has 0 saturated heterocycles. The number of rotatable bonds is 15. The molecule has 0 unspecified atom stereocenters. The van der Waals surface area contributed by atoms with E-state index in [1.165, 1.54) is 5.56 Å². The first kappa shape index (κ1) is 34.6. The van der Waals surface area contributed by atoms with E-state index in [-0.39, 0.29) is 24.3 Å². The number of benzene rings is 6. The number of ether oxygens (including phenoxy) is 1. The Morgan fingerprint density at radius 3 is 1.71 bits per heavy atom. The number of nitrogens with one attached hydrogen (secondary N) is 2. The summed E-state index contributed by atoms with van der Waals surface area (Å²) in [7, 11) is 0. The van der Waals surface area contributed by atoms with Gasteiger partial charge in [-0.05, 0) is 107 Å². The van der Waals surface area contributed by atoms with Gasteiger partial charge < -0.3 is 15.2 Å². The zero-order chi connectivity index (χ0) is 35.4. The molecular weight excluding hydrogens is 644 g/mol. The van der Waals surface area contributed by atoms with Gasteiger partial charge in [0.1, 0.15) is 18.1 Å². The number of carboxylic acids is 1. The molecule has 0 aliphatic rings. The van der Waals surface area contributed by atoms with E-state index in [1.54, 1.807) is 54.6 Å². The smallest absolute Gasteiger partial charge is 0.336 e. The van der Waals surface area contributed by atoms with Crippen LogP contribution in [-0.2, 0) is 35.8 Å². The SMILES string of the molecule is O=C(O)c1cc(Cc2ccccc2)ccc1C(=O)Nc1ccc(Oc2ccc(NOCc3ccc(Cc4ccccc4)cc3COO)cc2)cc1. The van der Waals surface area contributed by atoms with E-state index in [1.807, 2.05) is 78.9 Å². The molecule has 0 aliphatic heterocycles. The summed E-state index contributed by atoms with van der Waals surface area (Å²) < 4.78 is 5.96. The topological polar surface area (TPSA) is 126 Å². The Bertz CT molecular complexity index is 2070. The van der Waals surface area contributed by atoms with Gasteiger partial charge in [-0.15, -0.1) is 0 Å². The third-order valence-electron chi connectivity index (χ3n) is 8.17. The van der Waals surface area contributed by atoms with E-state index in [4.69, 9.17) is 14.8 Å². The average molecular weight is 681 g/mol. The standard InChI is InChI=1S/C42H36N2O7/c45-41(39-22-12-32(26-40(39)42(46)47)24-30-9-5-2-6-10-30)43-35-14-18-37(19-15-35)51-38-20-16-36(17-21-38)44-49-27-33-13-11-31(25-34(33)28-50-48)23-29-7-3-1-4-8-29/h1-22,25-26,44,48H,23-24,27-28H2,(H,43,45)(H,46,47). The molecule has 0 spiro atoms. The summed E-state index contributed by atoms with van der Waals surface area (Å²) in [4.78, 5) is 35.2. The van der Waals surface area contributed by atoms with E-state index in [0.29, 0.717) is 23.6 Å². The number of carbonyl (C=O) groups excluding carboxylic acids is 1. The molecule has 0 fully saturated rings. The predicted octanol–water partition coefficient (Wildman–Crippen LogP) is 9.14. The van der Waals surface area contributed by atoms with Crippen LogP contribution in [0.3, 0.4) is 0 Å². The third-order valence-corrected chi connectivity index (χ3v) is 8.17. The van der Waals surface area contributed by atoms with Crippen molar-refractivity contribution in [2.24, 2.45) is 0 Å². The molecule has 6 aromatic rings. The average Bonchev–Trinajstić information content (AvgIpc) is 3.15. The van der Waals surface area contributed by atoms with Gasteiger partial charge in [0.25, 0.3) is 5.91 Å². The molecule has 0 aliphatic carbocycles. The molecule has 51 heavy (non-hydrogen) atoms. The molecule has 9 heteroatoms. The van der Waals surface area contributed by atoms with Crippen molar-refractivity contribution in [1.29, 1.82) is 0 Å². The Kier molecular flexibility index (Phi) is 11.5.